The Kier molecular flexibility index (Phi) is 9.76. The molecule has 0 heterocycles. The van der Waals surface area contributed by atoms with E-state index in [4.69, 9.17) is 21.1 Å². The molecule has 3 nitrogen and oxygen atoms in total. The summed E-state index contributed by atoms with van der Waals surface area (Å²) in [4.78, 5) is 12.7. The van der Waals surface area contributed by atoms with Gasteiger partial charge in [0, 0.05) is 0 Å². The molecular weight excluding hydrogens is 362 g/mol. The second kappa shape index (κ2) is 11.0. The number of rotatable bonds is 8. The van der Waals surface area contributed by atoms with Crippen LogP contribution in [0.3, 0.4) is 0 Å². The van der Waals surface area contributed by atoms with Crippen molar-refractivity contribution in [1.29, 1.82) is 0 Å². The first-order chi connectivity index (χ1) is 11.9. The molecular formula is C20H25ClLiO3P. The van der Waals surface area contributed by atoms with Gasteiger partial charge in [-0.15, -0.1) is 0 Å². The summed E-state index contributed by atoms with van der Waals surface area (Å²) in [6.45, 7) is 7.05. The van der Waals surface area contributed by atoms with Gasteiger partial charge in [-0.3, -0.25) is 4.79 Å². The number of aryl methyl sites for hydroxylation is 1. The van der Waals surface area contributed by atoms with Crippen LogP contribution in [0.4, 0.5) is 0 Å². The normalized spacial score (nSPS) is 10.8. The summed E-state index contributed by atoms with van der Waals surface area (Å²) in [5.41, 5.74) is 1.46. The van der Waals surface area contributed by atoms with Crippen LogP contribution in [-0.2, 0) is 0 Å². The Morgan fingerprint density at radius 3 is 2.58 bits per heavy atom. The van der Waals surface area contributed by atoms with Gasteiger partial charge in [-0.1, -0.05) is 37.6 Å². The van der Waals surface area contributed by atoms with E-state index in [0.29, 0.717) is 28.9 Å². The molecule has 0 saturated carbocycles. The number of benzene rings is 2. The van der Waals surface area contributed by atoms with E-state index in [1.165, 1.54) is 0 Å². The number of hydrogen-bond acceptors (Lipinski definition) is 3. The summed E-state index contributed by atoms with van der Waals surface area (Å²) in [7, 11) is 1.53. The van der Waals surface area contributed by atoms with Gasteiger partial charge < -0.3 is 9.47 Å². The topological polar surface area (TPSA) is 35.5 Å². The minimum absolute atomic E-state index is 0. The molecule has 6 heteroatoms. The van der Waals surface area contributed by atoms with Crippen LogP contribution < -0.4 is 14.8 Å². The molecule has 26 heavy (non-hydrogen) atoms. The summed E-state index contributed by atoms with van der Waals surface area (Å²) in [6, 6.07) is 11.1. The zero-order valence-corrected chi connectivity index (χ0v) is 16.8. The van der Waals surface area contributed by atoms with Crippen LogP contribution in [0.5, 0.6) is 11.5 Å². The maximum atomic E-state index is 12.7. The first kappa shape index (κ1) is 23.1. The molecule has 1 atom stereocenters. The number of carbonyl (C=O) groups is 1. The van der Waals surface area contributed by atoms with Gasteiger partial charge in [-0.05, 0) is 63.0 Å². The molecule has 0 spiro atoms. The standard InChI is InChI=1S/C20H24ClO3P.Li.H/c1-13(2)10-11-24-15-8-9-18(14(3)12-15)25-20(22)19-16(21)6-5-7-17(19)23-4;;/h5-9,12-13,25H,10-11H2,1-4H3;;. The number of methoxy groups -OCH3 is 1. The second-order valence-corrected chi connectivity index (χ2v) is 7.93. The first-order valence-electron chi connectivity index (χ1n) is 8.29. The van der Waals surface area contributed by atoms with Gasteiger partial charge in [-0.25, -0.2) is 0 Å². The van der Waals surface area contributed by atoms with E-state index in [1.807, 2.05) is 25.1 Å². The second-order valence-electron chi connectivity index (χ2n) is 6.28. The average molecular weight is 387 g/mol. The predicted molar refractivity (Wildman–Crippen MR) is 114 cm³/mol. The van der Waals surface area contributed by atoms with Gasteiger partial charge in [0.25, 0.3) is 0 Å². The maximum absolute atomic E-state index is 12.7. The molecule has 2 aromatic carbocycles. The molecule has 0 aliphatic carbocycles. The Morgan fingerprint density at radius 2 is 1.96 bits per heavy atom. The number of hydrogen-bond donors (Lipinski definition) is 0. The zero-order valence-electron chi connectivity index (χ0n) is 15.1. The zero-order chi connectivity index (χ0) is 18.4. The van der Waals surface area contributed by atoms with E-state index < -0.39 is 0 Å². The van der Waals surface area contributed by atoms with E-state index in [1.54, 1.807) is 25.3 Å². The molecule has 0 saturated heterocycles. The van der Waals surface area contributed by atoms with Crippen molar-refractivity contribution >= 4 is 49.9 Å². The van der Waals surface area contributed by atoms with E-state index in [-0.39, 0.29) is 33.0 Å². The molecule has 0 aliphatic rings. The van der Waals surface area contributed by atoms with Crippen molar-refractivity contribution in [3.8, 4) is 11.5 Å². The predicted octanol–water partition coefficient (Wildman–Crippen LogP) is 4.58. The van der Waals surface area contributed by atoms with Crippen LogP contribution in [0.1, 0.15) is 36.2 Å². The molecule has 0 aliphatic heterocycles. The fourth-order valence-electron chi connectivity index (χ4n) is 2.36. The summed E-state index contributed by atoms with van der Waals surface area (Å²) in [5.74, 6) is 1.97. The summed E-state index contributed by atoms with van der Waals surface area (Å²) >= 11 is 6.20. The van der Waals surface area contributed by atoms with Crippen molar-refractivity contribution in [1.82, 2.24) is 0 Å². The third kappa shape index (κ3) is 6.33. The van der Waals surface area contributed by atoms with Crippen LogP contribution in [0, 0.1) is 12.8 Å². The third-order valence-corrected chi connectivity index (χ3v) is 5.45. The van der Waals surface area contributed by atoms with Crippen molar-refractivity contribution in [2.45, 2.75) is 27.2 Å². The molecule has 0 bridgehead atoms. The Labute approximate surface area is 174 Å². The van der Waals surface area contributed by atoms with Crippen LogP contribution >= 0.6 is 20.2 Å². The van der Waals surface area contributed by atoms with E-state index in [9.17, 15) is 4.79 Å². The molecule has 0 fully saturated rings. The van der Waals surface area contributed by atoms with Crippen molar-refractivity contribution in [2.75, 3.05) is 13.7 Å². The van der Waals surface area contributed by atoms with E-state index >= 15 is 0 Å². The molecule has 0 radical (unpaired) electrons. The van der Waals surface area contributed by atoms with Gasteiger partial charge >= 0.3 is 18.9 Å². The molecule has 2 aromatic rings. The van der Waals surface area contributed by atoms with Crippen LogP contribution in [0.25, 0.3) is 0 Å². The molecule has 1 unspecified atom stereocenters. The molecule has 0 amide bonds. The van der Waals surface area contributed by atoms with Gasteiger partial charge in [0.15, 0.2) is 5.52 Å². The third-order valence-electron chi connectivity index (χ3n) is 3.83. The van der Waals surface area contributed by atoms with Gasteiger partial charge in [-0.2, -0.15) is 0 Å². The van der Waals surface area contributed by atoms with Crippen molar-refractivity contribution in [3.63, 3.8) is 0 Å². The number of halogens is 1. The SMILES string of the molecule is COc1cccc(Cl)c1C(=O)Pc1ccc(OCCC(C)C)cc1C.[LiH]. The van der Waals surface area contributed by atoms with Crippen LogP contribution in [0.15, 0.2) is 36.4 Å². The van der Waals surface area contributed by atoms with Gasteiger partial charge in [0.2, 0.25) is 0 Å². The fourth-order valence-corrected chi connectivity index (χ4v) is 3.75. The van der Waals surface area contributed by atoms with Gasteiger partial charge in [0.05, 0.1) is 24.3 Å². The Morgan fingerprint density at radius 1 is 1.23 bits per heavy atom. The minimum atomic E-state index is -0.0287. The number of carbonyl (C=O) groups excluding carboxylic acids is 1. The van der Waals surface area contributed by atoms with Gasteiger partial charge in [0.1, 0.15) is 11.5 Å². The van der Waals surface area contributed by atoms with Crippen molar-refractivity contribution in [2.24, 2.45) is 5.92 Å². The molecule has 0 aromatic heterocycles. The van der Waals surface area contributed by atoms with Crippen LogP contribution in [-0.4, -0.2) is 38.1 Å². The van der Waals surface area contributed by atoms with E-state index in [0.717, 1.165) is 23.0 Å². The van der Waals surface area contributed by atoms with Crippen molar-refractivity contribution in [3.05, 3.63) is 52.5 Å². The molecule has 2 rings (SSSR count). The summed E-state index contributed by atoms with van der Waals surface area (Å²) in [5, 5.41) is 1.41. The van der Waals surface area contributed by atoms with Crippen LogP contribution in [0.2, 0.25) is 5.02 Å². The van der Waals surface area contributed by atoms with E-state index in [2.05, 4.69) is 13.8 Å². The molecule has 136 valence electrons. The summed E-state index contributed by atoms with van der Waals surface area (Å²) in [6.07, 6.45) is 1.02. The summed E-state index contributed by atoms with van der Waals surface area (Å²) < 4.78 is 11.1. The monoisotopic (exact) mass is 386 g/mol. The number of ether oxygens (including phenoxy) is 2. The Bertz CT molecular complexity index is 750. The molecule has 0 N–H and O–H groups in total. The fraction of sp³-hybridized carbons (Fsp3) is 0.350. The average Bonchev–Trinajstić information content (AvgIpc) is 2.56. The quantitative estimate of drug-likeness (QED) is 0.492. The first-order valence-corrected chi connectivity index (χ1v) is 9.67. The van der Waals surface area contributed by atoms with Crippen molar-refractivity contribution < 1.29 is 14.3 Å². The Hall–Kier alpha value is -0.973. The Balaban J connectivity index is 0.00000338.